The second kappa shape index (κ2) is 7.49. The van der Waals surface area contributed by atoms with Crippen molar-refractivity contribution in [2.45, 2.75) is 0 Å². The summed E-state index contributed by atoms with van der Waals surface area (Å²) in [4.78, 5) is 16.5. The normalized spacial score (nSPS) is 10.5. The summed E-state index contributed by atoms with van der Waals surface area (Å²) in [6.07, 6.45) is 0. The summed E-state index contributed by atoms with van der Waals surface area (Å²) in [5.41, 5.74) is 0.555. The lowest BCUT2D eigenvalue weighted by atomic mass is 10.1. The van der Waals surface area contributed by atoms with E-state index >= 15 is 0 Å². The Morgan fingerprint density at radius 2 is 1.85 bits per heavy atom. The fraction of sp³-hybridized carbons (Fsp3) is 0.111. The van der Waals surface area contributed by atoms with Crippen LogP contribution >= 0.6 is 11.3 Å². The number of hydrogen-bond donors (Lipinski definition) is 1. The van der Waals surface area contributed by atoms with Gasteiger partial charge in [0.25, 0.3) is 5.91 Å². The maximum absolute atomic E-state index is 13.7. The third-order valence-corrected chi connectivity index (χ3v) is 4.35. The van der Waals surface area contributed by atoms with Crippen molar-refractivity contribution < 1.29 is 23.0 Å². The van der Waals surface area contributed by atoms with E-state index in [-0.39, 0.29) is 5.13 Å². The van der Waals surface area contributed by atoms with Crippen LogP contribution in [0.2, 0.25) is 0 Å². The molecule has 8 heteroatoms. The van der Waals surface area contributed by atoms with Gasteiger partial charge in [0.05, 0.1) is 19.9 Å². The number of carbonyl (C=O) groups excluding carboxylic acids is 1. The number of nitrogens with zero attached hydrogens (tertiary/aromatic N) is 1. The van der Waals surface area contributed by atoms with Crippen LogP contribution < -0.4 is 14.8 Å². The van der Waals surface area contributed by atoms with Crippen LogP contribution in [0.1, 0.15) is 10.4 Å². The van der Waals surface area contributed by atoms with Gasteiger partial charge in [-0.15, -0.1) is 11.3 Å². The van der Waals surface area contributed by atoms with E-state index in [1.807, 2.05) is 0 Å². The van der Waals surface area contributed by atoms with Crippen LogP contribution in [0.5, 0.6) is 11.5 Å². The Morgan fingerprint density at radius 1 is 1.12 bits per heavy atom. The summed E-state index contributed by atoms with van der Waals surface area (Å²) in [6.45, 7) is 0. The molecule has 134 valence electrons. The molecule has 26 heavy (non-hydrogen) atoms. The van der Waals surface area contributed by atoms with Gasteiger partial charge in [-0.25, -0.2) is 13.8 Å². The summed E-state index contributed by atoms with van der Waals surface area (Å²) in [5.74, 6) is -1.58. The number of benzene rings is 2. The zero-order chi connectivity index (χ0) is 18.7. The minimum absolute atomic E-state index is 0.206. The first kappa shape index (κ1) is 17.8. The average Bonchev–Trinajstić information content (AvgIpc) is 3.09. The van der Waals surface area contributed by atoms with Gasteiger partial charge in [-0.05, 0) is 30.3 Å². The maximum Gasteiger partial charge on any atom is 0.263 e. The molecule has 1 aromatic heterocycles. The number of rotatable bonds is 5. The van der Waals surface area contributed by atoms with Gasteiger partial charge in [0, 0.05) is 10.9 Å². The van der Waals surface area contributed by atoms with Crippen molar-refractivity contribution in [1.82, 2.24) is 4.98 Å². The van der Waals surface area contributed by atoms with E-state index in [4.69, 9.17) is 9.47 Å². The molecule has 0 atom stereocenters. The van der Waals surface area contributed by atoms with Crippen molar-refractivity contribution in [1.29, 1.82) is 0 Å². The lowest BCUT2D eigenvalue weighted by Crippen LogP contribution is -2.15. The van der Waals surface area contributed by atoms with Crippen LogP contribution in [0.4, 0.5) is 13.9 Å². The molecule has 0 aliphatic rings. The summed E-state index contributed by atoms with van der Waals surface area (Å²) in [5, 5.41) is 4.32. The highest BCUT2D eigenvalue weighted by Crippen LogP contribution is 2.35. The topological polar surface area (TPSA) is 60.5 Å². The van der Waals surface area contributed by atoms with E-state index in [0.717, 1.165) is 23.5 Å². The first-order valence-corrected chi connectivity index (χ1v) is 8.34. The monoisotopic (exact) mass is 376 g/mol. The van der Waals surface area contributed by atoms with E-state index < -0.39 is 23.1 Å². The van der Waals surface area contributed by atoms with Crippen LogP contribution in [0.3, 0.4) is 0 Å². The SMILES string of the molecule is COc1ccc(OC)c(-c2csc(NC(=O)c3c(F)cccc3F)n2)c1. The highest BCUT2D eigenvalue weighted by atomic mass is 32.1. The smallest absolute Gasteiger partial charge is 0.263 e. The number of aromatic nitrogens is 1. The van der Waals surface area contributed by atoms with Crippen LogP contribution in [0.25, 0.3) is 11.3 Å². The molecule has 1 N–H and O–H groups in total. The summed E-state index contributed by atoms with van der Waals surface area (Å²) >= 11 is 1.13. The molecule has 0 fully saturated rings. The molecule has 0 unspecified atom stereocenters. The molecule has 1 heterocycles. The molecule has 0 saturated heterocycles. The third kappa shape index (κ3) is 3.50. The van der Waals surface area contributed by atoms with E-state index in [1.165, 1.54) is 13.2 Å². The van der Waals surface area contributed by atoms with Crippen molar-refractivity contribution in [2.75, 3.05) is 19.5 Å². The van der Waals surface area contributed by atoms with E-state index in [0.29, 0.717) is 22.8 Å². The van der Waals surface area contributed by atoms with E-state index in [2.05, 4.69) is 10.3 Å². The van der Waals surface area contributed by atoms with Gasteiger partial charge in [0.1, 0.15) is 28.7 Å². The van der Waals surface area contributed by atoms with Crippen LogP contribution in [-0.4, -0.2) is 25.1 Å². The zero-order valence-corrected chi connectivity index (χ0v) is 14.7. The Labute approximate surface area is 152 Å². The quantitative estimate of drug-likeness (QED) is 0.719. The molecule has 0 bridgehead atoms. The Morgan fingerprint density at radius 3 is 2.50 bits per heavy atom. The predicted molar refractivity (Wildman–Crippen MR) is 95.0 cm³/mol. The predicted octanol–water partition coefficient (Wildman–Crippen LogP) is 4.36. The molecular formula is C18H14F2N2O3S. The number of methoxy groups -OCH3 is 2. The Bertz CT molecular complexity index is 939. The number of ether oxygens (including phenoxy) is 2. The van der Waals surface area contributed by atoms with Crippen molar-refractivity contribution in [3.8, 4) is 22.8 Å². The molecule has 3 rings (SSSR count). The minimum atomic E-state index is -0.936. The third-order valence-electron chi connectivity index (χ3n) is 3.60. The number of hydrogen-bond acceptors (Lipinski definition) is 5. The molecule has 0 radical (unpaired) electrons. The zero-order valence-electron chi connectivity index (χ0n) is 13.9. The standard InChI is InChI=1S/C18H14F2N2O3S/c1-24-10-6-7-15(25-2)11(8-10)14-9-26-18(21-14)22-17(23)16-12(19)4-3-5-13(16)20/h3-9H,1-2H3,(H,21,22,23). The molecule has 0 saturated carbocycles. The molecule has 5 nitrogen and oxygen atoms in total. The lowest BCUT2D eigenvalue weighted by Gasteiger charge is -2.08. The molecular weight excluding hydrogens is 362 g/mol. The average molecular weight is 376 g/mol. The number of amides is 1. The highest BCUT2D eigenvalue weighted by molar-refractivity contribution is 7.14. The number of thiazole rings is 1. The number of anilines is 1. The maximum atomic E-state index is 13.7. The van der Waals surface area contributed by atoms with Gasteiger partial charge in [-0.1, -0.05) is 6.07 Å². The highest BCUT2D eigenvalue weighted by Gasteiger charge is 2.19. The van der Waals surface area contributed by atoms with Gasteiger partial charge in [0.2, 0.25) is 0 Å². The van der Waals surface area contributed by atoms with Gasteiger partial charge in [-0.3, -0.25) is 10.1 Å². The van der Waals surface area contributed by atoms with Crippen molar-refractivity contribution >= 4 is 22.4 Å². The molecule has 3 aromatic rings. The fourth-order valence-corrected chi connectivity index (χ4v) is 3.05. The molecule has 0 aliphatic carbocycles. The number of halogens is 2. The lowest BCUT2D eigenvalue weighted by molar-refractivity contribution is 0.101. The second-order valence-corrected chi connectivity index (χ2v) is 6.01. The summed E-state index contributed by atoms with van der Waals surface area (Å²) < 4.78 is 37.9. The number of nitrogens with one attached hydrogen (secondary N) is 1. The van der Waals surface area contributed by atoms with Gasteiger partial charge in [0.15, 0.2) is 5.13 Å². The minimum Gasteiger partial charge on any atom is -0.497 e. The Kier molecular flexibility index (Phi) is 5.13. The first-order valence-electron chi connectivity index (χ1n) is 7.46. The van der Waals surface area contributed by atoms with Crippen molar-refractivity contribution in [2.24, 2.45) is 0 Å². The number of carbonyl (C=O) groups is 1. The summed E-state index contributed by atoms with van der Waals surface area (Å²) in [6, 6.07) is 8.46. The second-order valence-electron chi connectivity index (χ2n) is 5.15. The van der Waals surface area contributed by atoms with Gasteiger partial charge in [-0.2, -0.15) is 0 Å². The van der Waals surface area contributed by atoms with Gasteiger partial charge >= 0.3 is 0 Å². The van der Waals surface area contributed by atoms with Crippen molar-refractivity contribution in [3.05, 3.63) is 59.0 Å². The van der Waals surface area contributed by atoms with Crippen molar-refractivity contribution in [3.63, 3.8) is 0 Å². The Balaban J connectivity index is 1.88. The van der Waals surface area contributed by atoms with Gasteiger partial charge < -0.3 is 9.47 Å². The van der Waals surface area contributed by atoms with E-state index in [1.54, 1.807) is 30.7 Å². The first-order chi connectivity index (χ1) is 12.5. The molecule has 1 amide bonds. The fourth-order valence-electron chi connectivity index (χ4n) is 2.34. The van der Waals surface area contributed by atoms with Crippen LogP contribution in [0, 0.1) is 11.6 Å². The Hall–Kier alpha value is -3.00. The van der Waals surface area contributed by atoms with Crippen LogP contribution in [0.15, 0.2) is 41.8 Å². The summed E-state index contributed by atoms with van der Waals surface area (Å²) in [7, 11) is 3.07. The molecule has 0 aliphatic heterocycles. The van der Waals surface area contributed by atoms with E-state index in [9.17, 15) is 13.6 Å². The molecule has 0 spiro atoms. The largest absolute Gasteiger partial charge is 0.497 e. The van der Waals surface area contributed by atoms with Crippen LogP contribution in [-0.2, 0) is 0 Å². The molecule has 2 aromatic carbocycles.